The van der Waals surface area contributed by atoms with Crippen LogP contribution in [0.5, 0.6) is 0 Å². The molecule has 216 valence electrons. The molecule has 0 fully saturated rings. The minimum atomic E-state index is -1.85. The summed E-state index contributed by atoms with van der Waals surface area (Å²) in [7, 11) is 2.97. The molecular weight excluding hydrogens is 506 g/mol. The fourth-order valence-corrected chi connectivity index (χ4v) is 5.64. The predicted molar refractivity (Wildman–Crippen MR) is 155 cm³/mol. The molecule has 0 heterocycles. The largest absolute Gasteiger partial charge is 0.463 e. The zero-order chi connectivity index (χ0) is 29.8. The predicted octanol–water partition coefficient (Wildman–Crippen LogP) is 4.00. The summed E-state index contributed by atoms with van der Waals surface area (Å²) in [5, 5.41) is 0. The number of carbonyl (C=O) groups is 4. The third kappa shape index (κ3) is 6.12. The summed E-state index contributed by atoms with van der Waals surface area (Å²) in [6.07, 6.45) is 0.942. The average molecular weight is 550 g/mol. The van der Waals surface area contributed by atoms with Gasteiger partial charge in [-0.25, -0.2) is 4.79 Å². The molecule has 2 aromatic rings. The molecule has 0 unspecified atom stereocenters. The maximum absolute atomic E-state index is 14.0. The summed E-state index contributed by atoms with van der Waals surface area (Å²) in [6.45, 7) is 9.23. The molecule has 0 aromatic heterocycles. The van der Waals surface area contributed by atoms with Crippen LogP contribution in [0.3, 0.4) is 0 Å². The number of likely N-dealkylation sites (N-methyl/N-ethyl adjacent to an activating group) is 2. The molecule has 0 radical (unpaired) electrons. The lowest BCUT2D eigenvalue weighted by Gasteiger charge is -2.40. The monoisotopic (exact) mass is 549 g/mol. The number of nitrogens with two attached hydrogens (primary N) is 1. The highest BCUT2D eigenvalue weighted by atomic mass is 16.5. The van der Waals surface area contributed by atoms with Crippen molar-refractivity contribution < 1.29 is 23.9 Å². The van der Waals surface area contributed by atoms with Gasteiger partial charge in [0.2, 0.25) is 11.8 Å². The lowest BCUT2D eigenvalue weighted by molar-refractivity contribution is -0.168. The summed E-state index contributed by atoms with van der Waals surface area (Å²) < 4.78 is 5.91. The summed E-state index contributed by atoms with van der Waals surface area (Å²) in [6, 6.07) is 14.3. The van der Waals surface area contributed by atoms with Gasteiger partial charge in [-0.1, -0.05) is 76.2 Å². The number of hydrogen-bond acceptors (Lipinski definition) is 6. The highest BCUT2D eigenvalue weighted by Crippen LogP contribution is 2.44. The molecule has 1 aliphatic carbocycles. The van der Waals surface area contributed by atoms with E-state index < -0.39 is 35.4 Å². The van der Waals surface area contributed by atoms with E-state index in [1.54, 1.807) is 6.92 Å². The van der Waals surface area contributed by atoms with Gasteiger partial charge >= 0.3 is 5.97 Å². The van der Waals surface area contributed by atoms with E-state index in [-0.39, 0.29) is 30.8 Å². The molecule has 40 heavy (non-hydrogen) atoms. The Hall–Kier alpha value is -3.52. The van der Waals surface area contributed by atoms with Gasteiger partial charge in [-0.05, 0) is 53.9 Å². The topological polar surface area (TPSA) is 110 Å². The Balaban J connectivity index is 1.93. The van der Waals surface area contributed by atoms with E-state index in [4.69, 9.17) is 10.5 Å². The molecule has 0 aliphatic heterocycles. The average Bonchev–Trinajstić information content (AvgIpc) is 3.25. The van der Waals surface area contributed by atoms with Gasteiger partial charge in [0.25, 0.3) is 0 Å². The number of carbonyl (C=O) groups excluding carboxylic acids is 4. The second-order valence-electron chi connectivity index (χ2n) is 11.7. The summed E-state index contributed by atoms with van der Waals surface area (Å²) in [4.78, 5) is 55.9. The fourth-order valence-electron chi connectivity index (χ4n) is 5.64. The van der Waals surface area contributed by atoms with Gasteiger partial charge in [0.15, 0.2) is 11.8 Å². The van der Waals surface area contributed by atoms with Crippen LogP contribution in [-0.4, -0.2) is 72.2 Å². The molecule has 2 aromatic carbocycles. The molecule has 0 bridgehead atoms. The van der Waals surface area contributed by atoms with E-state index in [1.165, 1.54) is 23.9 Å². The van der Waals surface area contributed by atoms with Gasteiger partial charge in [-0.15, -0.1) is 0 Å². The fraction of sp³-hybridized carbons (Fsp3) is 0.500. The first-order chi connectivity index (χ1) is 18.8. The number of ether oxygens (including phenoxy) is 1. The molecular formula is C32H43N3O5. The van der Waals surface area contributed by atoms with Gasteiger partial charge in [0.1, 0.15) is 12.6 Å². The van der Waals surface area contributed by atoms with Crippen LogP contribution in [-0.2, 0) is 23.9 Å². The molecule has 1 aliphatic rings. The molecule has 3 rings (SSSR count). The van der Waals surface area contributed by atoms with Crippen LogP contribution in [0.15, 0.2) is 48.5 Å². The van der Waals surface area contributed by atoms with Crippen molar-refractivity contribution in [3.63, 3.8) is 0 Å². The van der Waals surface area contributed by atoms with Gasteiger partial charge in [0, 0.05) is 20.0 Å². The van der Waals surface area contributed by atoms with Crippen LogP contribution in [0.2, 0.25) is 0 Å². The maximum Gasteiger partial charge on any atom is 0.339 e. The van der Waals surface area contributed by atoms with Crippen molar-refractivity contribution in [1.29, 1.82) is 0 Å². The lowest BCUT2D eigenvalue weighted by Crippen LogP contribution is -2.62. The normalized spacial score (nSPS) is 15.6. The molecule has 8 heteroatoms. The summed E-state index contributed by atoms with van der Waals surface area (Å²) in [5.74, 6) is -1.91. The van der Waals surface area contributed by atoms with Crippen LogP contribution in [0.25, 0.3) is 11.1 Å². The van der Waals surface area contributed by atoms with E-state index >= 15 is 0 Å². The Morgan fingerprint density at radius 3 is 1.88 bits per heavy atom. The lowest BCUT2D eigenvalue weighted by atomic mass is 9.87. The number of esters is 1. The second-order valence-corrected chi connectivity index (χ2v) is 11.7. The molecule has 2 amide bonds. The van der Waals surface area contributed by atoms with Crippen LogP contribution in [0.1, 0.15) is 64.5 Å². The highest BCUT2D eigenvalue weighted by molar-refractivity contribution is 6.03. The van der Waals surface area contributed by atoms with Crippen LogP contribution in [0.4, 0.5) is 0 Å². The first kappa shape index (κ1) is 31.0. The van der Waals surface area contributed by atoms with Crippen LogP contribution in [0, 0.1) is 11.8 Å². The molecule has 0 saturated carbocycles. The Morgan fingerprint density at radius 2 is 1.43 bits per heavy atom. The number of aldehydes is 1. The zero-order valence-corrected chi connectivity index (χ0v) is 24.7. The quantitative estimate of drug-likeness (QED) is 0.243. The van der Waals surface area contributed by atoms with Crippen molar-refractivity contribution >= 4 is 24.1 Å². The minimum Gasteiger partial charge on any atom is -0.463 e. The van der Waals surface area contributed by atoms with Gasteiger partial charge in [-0.3, -0.25) is 9.59 Å². The maximum atomic E-state index is 14.0. The summed E-state index contributed by atoms with van der Waals surface area (Å²) >= 11 is 0. The first-order valence-electron chi connectivity index (χ1n) is 14.0. The van der Waals surface area contributed by atoms with Gasteiger partial charge in [0.05, 0.1) is 6.04 Å². The van der Waals surface area contributed by atoms with E-state index in [1.807, 2.05) is 76.2 Å². The Morgan fingerprint density at radius 1 is 0.900 bits per heavy atom. The summed E-state index contributed by atoms with van der Waals surface area (Å²) in [5.41, 5.74) is 8.26. The number of amides is 2. The molecule has 2 N–H and O–H groups in total. The van der Waals surface area contributed by atoms with Crippen molar-refractivity contribution in [2.45, 2.75) is 71.0 Å². The van der Waals surface area contributed by atoms with Crippen molar-refractivity contribution in [1.82, 2.24) is 9.80 Å². The van der Waals surface area contributed by atoms with Crippen molar-refractivity contribution in [3.8, 4) is 11.1 Å². The van der Waals surface area contributed by atoms with Gasteiger partial charge < -0.3 is 25.1 Å². The molecule has 3 atom stereocenters. The number of benzene rings is 2. The number of fused-ring (bicyclic) bond motifs is 3. The second kappa shape index (κ2) is 12.8. The first-order valence-corrected chi connectivity index (χ1v) is 14.0. The van der Waals surface area contributed by atoms with E-state index in [0.29, 0.717) is 12.7 Å². The smallest absolute Gasteiger partial charge is 0.339 e. The van der Waals surface area contributed by atoms with E-state index in [2.05, 4.69) is 0 Å². The van der Waals surface area contributed by atoms with Crippen LogP contribution < -0.4 is 5.73 Å². The zero-order valence-electron chi connectivity index (χ0n) is 24.7. The Labute approximate surface area is 237 Å². The molecule has 8 nitrogen and oxygen atoms in total. The third-order valence-electron chi connectivity index (χ3n) is 7.73. The van der Waals surface area contributed by atoms with Gasteiger partial charge in [-0.2, -0.15) is 0 Å². The van der Waals surface area contributed by atoms with Crippen molar-refractivity contribution in [2.75, 3.05) is 20.7 Å². The minimum absolute atomic E-state index is 0.0288. The third-order valence-corrected chi connectivity index (χ3v) is 7.73. The Bertz CT molecular complexity index is 1200. The number of rotatable bonds is 12. The van der Waals surface area contributed by atoms with Crippen LogP contribution >= 0.6 is 0 Å². The van der Waals surface area contributed by atoms with Crippen molar-refractivity contribution in [3.05, 3.63) is 59.7 Å². The number of hydrogen-bond donors (Lipinski definition) is 1. The molecule has 0 spiro atoms. The SMILES string of the molecule is CC(C)C[C@@H](C(=O)N(C)[C@](C=O)(CC(C)C)C(=O)OCC1c2ccccc2-c2ccccc21)N(C)C(=O)[C@@H](C)N. The van der Waals surface area contributed by atoms with Crippen molar-refractivity contribution in [2.24, 2.45) is 17.6 Å². The number of nitrogens with zero attached hydrogens (tertiary/aromatic N) is 2. The highest BCUT2D eigenvalue weighted by Gasteiger charge is 2.49. The molecule has 0 saturated heterocycles. The Kier molecular flexibility index (Phi) is 9.90. The van der Waals surface area contributed by atoms with E-state index in [0.717, 1.165) is 22.3 Å². The van der Waals surface area contributed by atoms with E-state index in [9.17, 15) is 19.2 Å². The standard InChI is InChI=1S/C32H43N3O5/c1-20(2)16-28(34(6)29(37)22(5)33)30(38)35(7)32(19-36,17-21(3)4)31(39)40-18-27-25-14-10-8-12-23(25)24-13-9-11-15-26(24)27/h8-15,19-22,27-28H,16-18,33H2,1-7H3/t22-,28+,32+/m1/s1.